The molecule has 1 aromatic carbocycles. The van der Waals surface area contributed by atoms with Crippen LogP contribution in [0.25, 0.3) is 5.57 Å². The Morgan fingerprint density at radius 2 is 1.71 bits per heavy atom. The molecule has 0 saturated heterocycles. The van der Waals surface area contributed by atoms with Crippen molar-refractivity contribution in [2.75, 3.05) is 0 Å². The minimum absolute atomic E-state index is 0.135. The molecule has 0 aliphatic heterocycles. The standard InChI is InChI=1S/C13H12ClF3O3S/c14-11-7-3-1-5-9(11)10-6-2-4-8-12(10)20-21(18,19)13(15,16)17/h1,3,5,7H,2,4,6,8H2. The average molecular weight is 341 g/mol. The topological polar surface area (TPSA) is 43.4 Å². The lowest BCUT2D eigenvalue weighted by atomic mass is 9.92. The van der Waals surface area contributed by atoms with Crippen LogP contribution in [0.1, 0.15) is 31.2 Å². The fraction of sp³-hybridized carbons (Fsp3) is 0.385. The van der Waals surface area contributed by atoms with E-state index >= 15 is 0 Å². The van der Waals surface area contributed by atoms with E-state index in [2.05, 4.69) is 4.18 Å². The number of allylic oxidation sites excluding steroid dienone is 2. The van der Waals surface area contributed by atoms with Gasteiger partial charge in [-0.3, -0.25) is 0 Å². The van der Waals surface area contributed by atoms with Crippen LogP contribution < -0.4 is 0 Å². The van der Waals surface area contributed by atoms with Crippen molar-refractivity contribution >= 4 is 27.3 Å². The summed E-state index contributed by atoms with van der Waals surface area (Å²) in [5.41, 5.74) is -4.52. The lowest BCUT2D eigenvalue weighted by Gasteiger charge is -2.21. The van der Waals surface area contributed by atoms with Crippen molar-refractivity contribution in [3.8, 4) is 0 Å². The molecule has 0 fully saturated rings. The second-order valence-electron chi connectivity index (χ2n) is 4.57. The van der Waals surface area contributed by atoms with Gasteiger partial charge in [-0.1, -0.05) is 29.8 Å². The highest BCUT2D eigenvalue weighted by Crippen LogP contribution is 2.38. The molecule has 1 aliphatic rings. The molecule has 1 aromatic rings. The third-order valence-electron chi connectivity index (χ3n) is 3.11. The Hall–Kier alpha value is -1.21. The third-order valence-corrected chi connectivity index (χ3v) is 4.43. The lowest BCUT2D eigenvalue weighted by molar-refractivity contribution is -0.0523. The zero-order chi connectivity index (χ0) is 15.7. The summed E-state index contributed by atoms with van der Waals surface area (Å²) in [6, 6.07) is 6.59. The normalized spacial score (nSPS) is 17.0. The van der Waals surface area contributed by atoms with E-state index in [9.17, 15) is 21.6 Å². The Labute approximate surface area is 125 Å². The molecular formula is C13H12ClF3O3S. The van der Waals surface area contributed by atoms with Gasteiger partial charge < -0.3 is 4.18 Å². The summed E-state index contributed by atoms with van der Waals surface area (Å²) < 4.78 is 64.0. The van der Waals surface area contributed by atoms with Crippen molar-refractivity contribution in [1.82, 2.24) is 0 Å². The van der Waals surface area contributed by atoms with Crippen LogP contribution >= 0.6 is 11.6 Å². The van der Waals surface area contributed by atoms with E-state index in [0.717, 1.165) is 6.42 Å². The summed E-state index contributed by atoms with van der Waals surface area (Å²) >= 11 is 6.02. The minimum Gasteiger partial charge on any atom is -0.380 e. The van der Waals surface area contributed by atoms with Crippen molar-refractivity contribution in [3.05, 3.63) is 40.6 Å². The highest BCUT2D eigenvalue weighted by Gasteiger charge is 2.49. The van der Waals surface area contributed by atoms with Crippen molar-refractivity contribution in [1.29, 1.82) is 0 Å². The van der Waals surface area contributed by atoms with Crippen molar-refractivity contribution < 1.29 is 25.8 Å². The van der Waals surface area contributed by atoms with Crippen molar-refractivity contribution in [2.45, 2.75) is 31.2 Å². The fourth-order valence-corrected chi connectivity index (χ4v) is 2.93. The number of hydrogen-bond donors (Lipinski definition) is 0. The average Bonchev–Trinajstić information content (AvgIpc) is 2.38. The maximum Gasteiger partial charge on any atom is 0.534 e. The van der Waals surface area contributed by atoms with Crippen molar-refractivity contribution in [3.63, 3.8) is 0 Å². The highest BCUT2D eigenvalue weighted by atomic mass is 35.5. The van der Waals surface area contributed by atoms with Gasteiger partial charge in [0, 0.05) is 17.0 Å². The number of hydrogen-bond acceptors (Lipinski definition) is 3. The first-order valence-corrected chi connectivity index (χ1v) is 7.98. The molecule has 2 rings (SSSR count). The molecule has 1 aliphatic carbocycles. The first-order valence-electron chi connectivity index (χ1n) is 6.20. The fourth-order valence-electron chi connectivity index (χ4n) is 2.14. The molecule has 0 amide bonds. The van der Waals surface area contributed by atoms with Gasteiger partial charge in [0.15, 0.2) is 0 Å². The van der Waals surface area contributed by atoms with E-state index in [1.54, 1.807) is 24.3 Å². The van der Waals surface area contributed by atoms with Gasteiger partial charge in [-0.25, -0.2) is 0 Å². The summed E-state index contributed by atoms with van der Waals surface area (Å²) in [6.45, 7) is 0. The zero-order valence-corrected chi connectivity index (χ0v) is 12.4. The largest absolute Gasteiger partial charge is 0.534 e. The number of halogens is 4. The Morgan fingerprint density at radius 1 is 1.10 bits per heavy atom. The van der Waals surface area contributed by atoms with Crippen LogP contribution in [0.3, 0.4) is 0 Å². The van der Waals surface area contributed by atoms with E-state index in [4.69, 9.17) is 11.6 Å². The van der Waals surface area contributed by atoms with Gasteiger partial charge >= 0.3 is 15.6 Å². The molecule has 0 aromatic heterocycles. The molecule has 0 unspecified atom stereocenters. The predicted octanol–water partition coefficient (Wildman–Crippen LogP) is 4.49. The van der Waals surface area contributed by atoms with E-state index in [-0.39, 0.29) is 12.2 Å². The molecule has 0 bridgehead atoms. The highest BCUT2D eigenvalue weighted by molar-refractivity contribution is 7.87. The molecule has 0 radical (unpaired) electrons. The van der Waals surface area contributed by atoms with Crippen molar-refractivity contribution in [2.24, 2.45) is 0 Å². The molecule has 3 nitrogen and oxygen atoms in total. The summed E-state index contributed by atoms with van der Waals surface area (Å²) in [5.74, 6) is -0.174. The van der Waals surface area contributed by atoms with Gasteiger partial charge in [0.1, 0.15) is 5.76 Å². The number of benzene rings is 1. The molecule has 116 valence electrons. The second kappa shape index (κ2) is 5.88. The van der Waals surface area contributed by atoms with Gasteiger partial charge in [0.2, 0.25) is 0 Å². The van der Waals surface area contributed by atoms with Crippen LogP contribution in [-0.2, 0) is 14.3 Å². The molecule has 0 N–H and O–H groups in total. The van der Waals surface area contributed by atoms with Crippen LogP contribution in [-0.4, -0.2) is 13.9 Å². The van der Waals surface area contributed by atoms with Gasteiger partial charge in [-0.05, 0) is 30.9 Å². The predicted molar refractivity (Wildman–Crippen MR) is 72.9 cm³/mol. The molecular weight excluding hydrogens is 329 g/mol. The smallest absolute Gasteiger partial charge is 0.380 e. The molecule has 0 spiro atoms. The molecule has 0 saturated carbocycles. The first-order chi connectivity index (χ1) is 9.72. The van der Waals surface area contributed by atoms with Crippen LogP contribution in [0, 0.1) is 0 Å². The molecule has 0 atom stereocenters. The van der Waals surface area contributed by atoms with Crippen LogP contribution in [0.5, 0.6) is 0 Å². The summed E-state index contributed by atoms with van der Waals surface area (Å²) in [4.78, 5) is 0. The minimum atomic E-state index is -5.65. The van der Waals surface area contributed by atoms with Gasteiger partial charge in [-0.15, -0.1) is 0 Å². The quantitative estimate of drug-likeness (QED) is 0.601. The Bertz CT molecular complexity index is 665. The Morgan fingerprint density at radius 3 is 2.33 bits per heavy atom. The lowest BCUT2D eigenvalue weighted by Crippen LogP contribution is -2.26. The Kier molecular flexibility index (Phi) is 4.53. The van der Waals surface area contributed by atoms with E-state index in [1.807, 2.05) is 0 Å². The van der Waals surface area contributed by atoms with Crippen LogP contribution in [0.15, 0.2) is 30.0 Å². The van der Waals surface area contributed by atoms with E-state index in [0.29, 0.717) is 29.0 Å². The molecule has 0 heterocycles. The van der Waals surface area contributed by atoms with E-state index in [1.165, 1.54) is 0 Å². The van der Waals surface area contributed by atoms with Crippen LogP contribution in [0.4, 0.5) is 13.2 Å². The maximum absolute atomic E-state index is 12.4. The Balaban J connectivity index is 2.45. The SMILES string of the molecule is O=S(=O)(OC1=C(c2ccccc2Cl)CCCC1)C(F)(F)F. The van der Waals surface area contributed by atoms with Gasteiger partial charge in [0.25, 0.3) is 0 Å². The monoisotopic (exact) mass is 340 g/mol. The molecule has 8 heteroatoms. The number of alkyl halides is 3. The second-order valence-corrected chi connectivity index (χ2v) is 6.52. The summed E-state index contributed by atoms with van der Waals surface area (Å²) in [5, 5.41) is 0.347. The van der Waals surface area contributed by atoms with Gasteiger partial charge in [0.05, 0.1) is 0 Å². The molecule has 21 heavy (non-hydrogen) atoms. The zero-order valence-electron chi connectivity index (χ0n) is 10.8. The first kappa shape index (κ1) is 16.2. The summed E-state index contributed by atoms with van der Waals surface area (Å²) in [7, 11) is -5.65. The maximum atomic E-state index is 12.4. The van der Waals surface area contributed by atoms with Crippen LogP contribution in [0.2, 0.25) is 5.02 Å². The summed E-state index contributed by atoms with van der Waals surface area (Å²) in [6.07, 6.45) is 1.86. The van der Waals surface area contributed by atoms with E-state index < -0.39 is 15.6 Å². The van der Waals surface area contributed by atoms with Gasteiger partial charge in [-0.2, -0.15) is 21.6 Å². The third kappa shape index (κ3) is 3.52. The number of rotatable bonds is 3.